The van der Waals surface area contributed by atoms with Crippen LogP contribution in [0.3, 0.4) is 0 Å². The summed E-state index contributed by atoms with van der Waals surface area (Å²) in [5, 5.41) is 0. The molecule has 0 aromatic carbocycles. The van der Waals surface area contributed by atoms with Crippen molar-refractivity contribution in [3.05, 3.63) is 24.8 Å². The molecule has 0 atom stereocenters. The maximum atomic E-state index is 5.52. The van der Waals surface area contributed by atoms with Crippen molar-refractivity contribution in [3.8, 4) is 17.3 Å². The van der Waals surface area contributed by atoms with Crippen molar-refractivity contribution in [3.63, 3.8) is 0 Å². The van der Waals surface area contributed by atoms with Crippen LogP contribution in [-0.2, 0) is 0 Å². The molecule has 2 aromatic rings. The van der Waals surface area contributed by atoms with E-state index in [0.717, 1.165) is 0 Å². The van der Waals surface area contributed by atoms with Crippen LogP contribution in [0, 0.1) is 0 Å². The Hall–Kier alpha value is -2.24. The highest BCUT2D eigenvalue weighted by Gasteiger charge is 2.09. The van der Waals surface area contributed by atoms with E-state index in [-0.39, 0.29) is 0 Å². The summed E-state index contributed by atoms with van der Waals surface area (Å²) in [6.45, 7) is 0. The number of anilines is 1. The average Bonchev–Trinajstić information content (AvgIpc) is 2.29. The normalized spacial score (nSPS) is 9.93. The lowest BCUT2D eigenvalue weighted by Gasteiger charge is -2.04. The predicted octanol–water partition coefficient (Wildman–Crippen LogP) is 0.524. The summed E-state index contributed by atoms with van der Waals surface area (Å²) in [5.74, 6) is 0.734. The number of nitrogens with zero attached hydrogens (tertiary/aromatic N) is 4. The number of nitrogens with two attached hydrogens (primary N) is 1. The Labute approximate surface area is 86.2 Å². The van der Waals surface area contributed by atoms with Gasteiger partial charge in [0.1, 0.15) is 11.5 Å². The first-order valence-corrected chi connectivity index (χ1v) is 4.24. The molecular weight excluding hydrogens is 194 g/mol. The summed E-state index contributed by atoms with van der Waals surface area (Å²) in [5.41, 5.74) is 6.59. The summed E-state index contributed by atoms with van der Waals surface area (Å²) in [6.07, 6.45) is 6.13. The van der Waals surface area contributed by atoms with Crippen molar-refractivity contribution in [2.75, 3.05) is 12.8 Å². The van der Waals surface area contributed by atoms with E-state index in [2.05, 4.69) is 19.9 Å². The van der Waals surface area contributed by atoms with E-state index < -0.39 is 0 Å². The standard InChI is InChI=1S/C9H9N5O/c1-15-9-8(12-2-3-13-9)6-4-11-5-7(10)14-6/h2-5H,1H3,(H2,10,14). The van der Waals surface area contributed by atoms with Gasteiger partial charge in [-0.15, -0.1) is 0 Å². The zero-order valence-electron chi connectivity index (χ0n) is 8.08. The Kier molecular flexibility index (Phi) is 2.40. The SMILES string of the molecule is COc1nccnc1-c1cncc(N)n1. The Morgan fingerprint density at radius 1 is 1.20 bits per heavy atom. The largest absolute Gasteiger partial charge is 0.479 e. The van der Waals surface area contributed by atoms with Crippen LogP contribution >= 0.6 is 0 Å². The fourth-order valence-electron chi connectivity index (χ4n) is 1.15. The fourth-order valence-corrected chi connectivity index (χ4v) is 1.15. The second kappa shape index (κ2) is 3.87. The number of aromatic nitrogens is 4. The van der Waals surface area contributed by atoms with E-state index in [1.807, 2.05) is 0 Å². The van der Waals surface area contributed by atoms with Gasteiger partial charge in [0.2, 0.25) is 5.88 Å². The van der Waals surface area contributed by atoms with Crippen LogP contribution in [0.15, 0.2) is 24.8 Å². The highest BCUT2D eigenvalue weighted by atomic mass is 16.5. The number of nitrogen functional groups attached to an aromatic ring is 1. The molecule has 0 spiro atoms. The summed E-state index contributed by atoms with van der Waals surface area (Å²) in [6, 6.07) is 0. The van der Waals surface area contributed by atoms with Gasteiger partial charge < -0.3 is 10.5 Å². The van der Waals surface area contributed by atoms with Gasteiger partial charge in [0, 0.05) is 12.4 Å². The Morgan fingerprint density at radius 2 is 2.00 bits per heavy atom. The molecule has 2 rings (SSSR count). The topological polar surface area (TPSA) is 86.8 Å². The van der Waals surface area contributed by atoms with Crippen molar-refractivity contribution in [1.29, 1.82) is 0 Å². The van der Waals surface area contributed by atoms with Crippen molar-refractivity contribution in [2.24, 2.45) is 0 Å². The zero-order valence-corrected chi connectivity index (χ0v) is 8.08. The van der Waals surface area contributed by atoms with Crippen LogP contribution in [0.4, 0.5) is 5.82 Å². The Balaban J connectivity index is 2.53. The Morgan fingerprint density at radius 3 is 2.73 bits per heavy atom. The van der Waals surface area contributed by atoms with Gasteiger partial charge in [-0.1, -0.05) is 0 Å². The molecule has 0 fully saturated rings. The number of methoxy groups -OCH3 is 1. The van der Waals surface area contributed by atoms with Crippen LogP contribution in [0.5, 0.6) is 5.88 Å². The van der Waals surface area contributed by atoms with Crippen LogP contribution in [-0.4, -0.2) is 27.0 Å². The molecule has 0 aliphatic heterocycles. The van der Waals surface area contributed by atoms with Crippen molar-refractivity contribution in [2.45, 2.75) is 0 Å². The first-order valence-electron chi connectivity index (χ1n) is 4.24. The summed E-state index contributed by atoms with van der Waals surface area (Å²) >= 11 is 0. The molecule has 6 heteroatoms. The summed E-state index contributed by atoms with van der Waals surface area (Å²) in [4.78, 5) is 16.1. The van der Waals surface area contributed by atoms with Gasteiger partial charge in [-0.05, 0) is 0 Å². The summed E-state index contributed by atoms with van der Waals surface area (Å²) in [7, 11) is 1.52. The van der Waals surface area contributed by atoms with Crippen molar-refractivity contribution < 1.29 is 4.74 Å². The lowest BCUT2D eigenvalue weighted by molar-refractivity contribution is 0.397. The Bertz CT molecular complexity index is 474. The van der Waals surface area contributed by atoms with E-state index in [1.54, 1.807) is 18.6 Å². The molecule has 0 unspecified atom stereocenters. The maximum Gasteiger partial charge on any atom is 0.242 e. The minimum atomic E-state index is 0.334. The fraction of sp³-hybridized carbons (Fsp3) is 0.111. The molecule has 0 bridgehead atoms. The minimum Gasteiger partial charge on any atom is -0.479 e. The van der Waals surface area contributed by atoms with Crippen molar-refractivity contribution >= 4 is 5.82 Å². The predicted molar refractivity (Wildman–Crippen MR) is 54.0 cm³/mol. The molecular formula is C9H9N5O. The molecule has 0 aliphatic rings. The maximum absolute atomic E-state index is 5.52. The van der Waals surface area contributed by atoms with Gasteiger partial charge >= 0.3 is 0 Å². The molecule has 0 saturated heterocycles. The van der Waals surface area contributed by atoms with E-state index in [4.69, 9.17) is 10.5 Å². The highest BCUT2D eigenvalue weighted by Crippen LogP contribution is 2.22. The molecule has 2 N–H and O–H groups in total. The molecule has 0 saturated carbocycles. The number of hydrogen-bond donors (Lipinski definition) is 1. The van der Waals surface area contributed by atoms with Crippen LogP contribution < -0.4 is 10.5 Å². The molecule has 15 heavy (non-hydrogen) atoms. The monoisotopic (exact) mass is 203 g/mol. The van der Waals surface area contributed by atoms with E-state index >= 15 is 0 Å². The average molecular weight is 203 g/mol. The molecule has 6 nitrogen and oxygen atoms in total. The smallest absolute Gasteiger partial charge is 0.242 e. The summed E-state index contributed by atoms with van der Waals surface area (Å²) < 4.78 is 5.06. The zero-order chi connectivity index (χ0) is 10.7. The van der Waals surface area contributed by atoms with Gasteiger partial charge in [-0.3, -0.25) is 4.98 Å². The first kappa shape index (κ1) is 9.32. The van der Waals surface area contributed by atoms with E-state index in [1.165, 1.54) is 13.3 Å². The second-order valence-corrected chi connectivity index (χ2v) is 2.74. The lowest BCUT2D eigenvalue weighted by Crippen LogP contribution is -1.98. The molecule has 0 aliphatic carbocycles. The van der Waals surface area contributed by atoms with Gasteiger partial charge in [0.15, 0.2) is 5.69 Å². The van der Waals surface area contributed by atoms with Crippen LogP contribution in [0.2, 0.25) is 0 Å². The minimum absolute atomic E-state index is 0.334. The third-order valence-corrected chi connectivity index (χ3v) is 1.75. The highest BCUT2D eigenvalue weighted by molar-refractivity contribution is 5.59. The van der Waals surface area contributed by atoms with Gasteiger partial charge in [0.25, 0.3) is 0 Å². The van der Waals surface area contributed by atoms with Gasteiger partial charge in [-0.25, -0.2) is 15.0 Å². The number of ether oxygens (including phenoxy) is 1. The quantitative estimate of drug-likeness (QED) is 0.765. The molecule has 76 valence electrons. The molecule has 0 radical (unpaired) electrons. The van der Waals surface area contributed by atoms with Gasteiger partial charge in [0.05, 0.1) is 19.5 Å². The van der Waals surface area contributed by atoms with Gasteiger partial charge in [-0.2, -0.15) is 0 Å². The number of rotatable bonds is 2. The molecule has 0 amide bonds. The molecule has 2 aromatic heterocycles. The third-order valence-electron chi connectivity index (χ3n) is 1.75. The second-order valence-electron chi connectivity index (χ2n) is 2.74. The van der Waals surface area contributed by atoms with E-state index in [9.17, 15) is 0 Å². The lowest BCUT2D eigenvalue weighted by atomic mass is 10.3. The van der Waals surface area contributed by atoms with Crippen LogP contribution in [0.25, 0.3) is 11.4 Å². The van der Waals surface area contributed by atoms with Crippen molar-refractivity contribution in [1.82, 2.24) is 19.9 Å². The van der Waals surface area contributed by atoms with Crippen LogP contribution in [0.1, 0.15) is 0 Å². The number of hydrogen-bond acceptors (Lipinski definition) is 6. The molecule has 2 heterocycles. The first-order chi connectivity index (χ1) is 7.31. The third kappa shape index (κ3) is 1.83. The van der Waals surface area contributed by atoms with E-state index in [0.29, 0.717) is 23.1 Å².